The number of hydrogen-bond donors (Lipinski definition) is 1. The minimum atomic E-state index is -1.02. The first-order valence-electron chi connectivity index (χ1n) is 13.4. The van der Waals surface area contributed by atoms with Crippen LogP contribution in [0.5, 0.6) is 0 Å². The summed E-state index contributed by atoms with van der Waals surface area (Å²) in [6.07, 6.45) is 0.586. The second-order valence-electron chi connectivity index (χ2n) is 11.6. The topological polar surface area (TPSA) is 148 Å². The zero-order valence-electron chi connectivity index (χ0n) is 23.0. The van der Waals surface area contributed by atoms with E-state index in [1.165, 1.54) is 21.1 Å². The lowest BCUT2D eigenvalue weighted by atomic mass is 9.98. The number of carbonyl (C=O) groups is 4. The molecule has 3 aliphatic rings. The summed E-state index contributed by atoms with van der Waals surface area (Å²) in [5.41, 5.74) is 2.40. The van der Waals surface area contributed by atoms with E-state index in [0.29, 0.717) is 27.9 Å². The Morgan fingerprint density at radius 1 is 1.20 bits per heavy atom. The van der Waals surface area contributed by atoms with Crippen LogP contribution in [0.25, 0.3) is 21.5 Å². The van der Waals surface area contributed by atoms with Gasteiger partial charge in [0.25, 0.3) is 5.91 Å². The van der Waals surface area contributed by atoms with E-state index >= 15 is 0 Å². The summed E-state index contributed by atoms with van der Waals surface area (Å²) < 4.78 is 0.729. The van der Waals surface area contributed by atoms with Crippen LogP contribution >= 0.6 is 11.3 Å². The van der Waals surface area contributed by atoms with Gasteiger partial charge >= 0.3 is 6.09 Å². The monoisotopic (exact) mass is 572 g/mol. The SMILES string of the molecule is Cc1cc(C#N)nc(-c2ccnc3cc(CN4C(=O)C5C(C4=O)C5(C)C)sc23)c1C(=O)N1CCN(C(=O)O)C[C@@H]1C. The number of pyridine rings is 2. The molecule has 0 spiro atoms. The number of imide groups is 1. The van der Waals surface area contributed by atoms with E-state index in [4.69, 9.17) is 0 Å². The molecule has 2 aliphatic heterocycles. The molecule has 3 aromatic rings. The van der Waals surface area contributed by atoms with Gasteiger partial charge in [-0.15, -0.1) is 11.3 Å². The number of nitrogens with zero attached hydrogens (tertiary/aromatic N) is 6. The first-order chi connectivity index (χ1) is 19.4. The molecule has 6 rings (SSSR count). The number of amides is 4. The predicted octanol–water partition coefficient (Wildman–Crippen LogP) is 3.50. The van der Waals surface area contributed by atoms with Crippen LogP contribution in [0, 0.1) is 35.5 Å². The van der Waals surface area contributed by atoms with Crippen molar-refractivity contribution in [2.45, 2.75) is 40.3 Å². The summed E-state index contributed by atoms with van der Waals surface area (Å²) in [4.78, 5) is 65.4. The first-order valence-corrected chi connectivity index (χ1v) is 14.2. The largest absolute Gasteiger partial charge is 0.465 e. The highest BCUT2D eigenvalue weighted by atomic mass is 32.1. The van der Waals surface area contributed by atoms with Gasteiger partial charge in [-0.1, -0.05) is 13.8 Å². The molecule has 12 heteroatoms. The Morgan fingerprint density at radius 3 is 2.54 bits per heavy atom. The molecule has 0 bridgehead atoms. The third kappa shape index (κ3) is 4.14. The number of aromatic nitrogens is 2. The number of nitriles is 1. The summed E-state index contributed by atoms with van der Waals surface area (Å²) in [6.45, 7) is 8.24. The molecule has 3 atom stereocenters. The van der Waals surface area contributed by atoms with Gasteiger partial charge in [-0.05, 0) is 43.0 Å². The lowest BCUT2D eigenvalue weighted by molar-refractivity contribution is -0.143. The van der Waals surface area contributed by atoms with Crippen molar-refractivity contribution in [1.29, 1.82) is 5.26 Å². The van der Waals surface area contributed by atoms with E-state index in [1.54, 1.807) is 37.1 Å². The Bertz CT molecular complexity index is 1680. The van der Waals surface area contributed by atoms with E-state index < -0.39 is 6.09 Å². The quantitative estimate of drug-likeness (QED) is 0.467. The molecule has 3 aromatic heterocycles. The van der Waals surface area contributed by atoms with Gasteiger partial charge in [0.1, 0.15) is 11.8 Å². The van der Waals surface area contributed by atoms with Gasteiger partial charge in [0.2, 0.25) is 11.8 Å². The van der Waals surface area contributed by atoms with E-state index in [9.17, 15) is 29.5 Å². The molecule has 11 nitrogen and oxygen atoms in total. The molecule has 2 unspecified atom stereocenters. The van der Waals surface area contributed by atoms with E-state index in [-0.39, 0.29) is 72.9 Å². The lowest BCUT2D eigenvalue weighted by Crippen LogP contribution is -2.55. The fourth-order valence-electron chi connectivity index (χ4n) is 6.34. The fraction of sp³-hybridized carbons (Fsp3) is 0.414. The van der Waals surface area contributed by atoms with Crippen LogP contribution in [0.3, 0.4) is 0 Å². The van der Waals surface area contributed by atoms with Crippen molar-refractivity contribution in [3.63, 3.8) is 0 Å². The maximum Gasteiger partial charge on any atom is 0.407 e. The highest BCUT2D eigenvalue weighted by molar-refractivity contribution is 7.19. The van der Waals surface area contributed by atoms with Gasteiger partial charge in [0.05, 0.1) is 39.9 Å². The lowest BCUT2D eigenvalue weighted by Gasteiger charge is -2.39. The van der Waals surface area contributed by atoms with Crippen LogP contribution in [0.4, 0.5) is 4.79 Å². The molecule has 1 aliphatic carbocycles. The molecule has 1 saturated carbocycles. The number of rotatable bonds is 4. The normalized spacial score (nSPS) is 23.1. The first kappa shape index (κ1) is 26.8. The van der Waals surface area contributed by atoms with Gasteiger partial charge in [0, 0.05) is 42.3 Å². The summed E-state index contributed by atoms with van der Waals surface area (Å²) >= 11 is 1.38. The Labute approximate surface area is 240 Å². The van der Waals surface area contributed by atoms with E-state index in [2.05, 4.69) is 16.0 Å². The molecular weight excluding hydrogens is 544 g/mol. The number of piperazine rings is 1. The van der Waals surface area contributed by atoms with Crippen LogP contribution in [-0.4, -0.2) is 79.3 Å². The van der Waals surface area contributed by atoms with Crippen molar-refractivity contribution in [3.8, 4) is 17.3 Å². The number of aryl methyl sites for hydroxylation is 1. The molecule has 4 amide bonds. The number of hydrogen-bond acceptors (Lipinski definition) is 8. The van der Waals surface area contributed by atoms with Crippen molar-refractivity contribution in [2.24, 2.45) is 17.3 Å². The van der Waals surface area contributed by atoms with Gasteiger partial charge in [0.15, 0.2) is 0 Å². The standard InChI is InChI=1S/C29H28N6O5S/c1-14-9-16(11-30)32-23(20(14)25(36)34-8-7-33(28(39)40)12-15(34)2)18-5-6-31-19-10-17(41-24(18)19)13-35-26(37)21-22(27(35)38)29(21,3)4/h5-6,9-10,15,21-22H,7-8,12-13H2,1-4H3,(H,39,40)/t15-,21?,22?/m0/s1. The third-order valence-corrected chi connectivity index (χ3v) is 9.77. The summed E-state index contributed by atoms with van der Waals surface area (Å²) in [5.74, 6) is -1.08. The third-order valence-electron chi connectivity index (χ3n) is 8.63. The Hall–Kier alpha value is -4.37. The predicted molar refractivity (Wildman–Crippen MR) is 149 cm³/mol. The van der Waals surface area contributed by atoms with Gasteiger partial charge in [-0.2, -0.15) is 5.26 Å². The smallest absolute Gasteiger partial charge is 0.407 e. The summed E-state index contributed by atoms with van der Waals surface area (Å²) in [5, 5.41) is 19.1. The molecule has 210 valence electrons. The van der Waals surface area contributed by atoms with Gasteiger partial charge in [-0.25, -0.2) is 9.78 Å². The highest BCUT2D eigenvalue weighted by Crippen LogP contribution is 2.63. The van der Waals surface area contributed by atoms with Gasteiger partial charge in [-0.3, -0.25) is 24.3 Å². The van der Waals surface area contributed by atoms with Crippen LogP contribution in [0.1, 0.15) is 47.3 Å². The number of carboxylic acid groups (broad SMARTS) is 1. The molecule has 5 heterocycles. The average molecular weight is 573 g/mol. The molecule has 3 fully saturated rings. The number of fused-ring (bicyclic) bond motifs is 2. The van der Waals surface area contributed by atoms with Crippen molar-refractivity contribution < 1.29 is 24.3 Å². The minimum absolute atomic E-state index is 0.139. The minimum Gasteiger partial charge on any atom is -0.465 e. The van der Waals surface area contributed by atoms with Crippen LogP contribution in [0.2, 0.25) is 0 Å². The molecule has 0 radical (unpaired) electrons. The molecule has 41 heavy (non-hydrogen) atoms. The molecule has 0 aromatic carbocycles. The van der Waals surface area contributed by atoms with Crippen LogP contribution < -0.4 is 0 Å². The highest BCUT2D eigenvalue weighted by Gasteiger charge is 2.72. The Balaban J connectivity index is 1.38. The molecule has 2 saturated heterocycles. The second kappa shape index (κ2) is 9.34. The van der Waals surface area contributed by atoms with Crippen molar-refractivity contribution in [1.82, 2.24) is 24.7 Å². The van der Waals surface area contributed by atoms with E-state index in [0.717, 1.165) is 9.58 Å². The summed E-state index contributed by atoms with van der Waals surface area (Å²) in [7, 11) is 0. The van der Waals surface area contributed by atoms with Gasteiger partial charge < -0.3 is 14.9 Å². The maximum atomic E-state index is 14.0. The van der Waals surface area contributed by atoms with Crippen LogP contribution in [-0.2, 0) is 16.1 Å². The van der Waals surface area contributed by atoms with E-state index in [1.807, 2.05) is 19.9 Å². The average Bonchev–Trinajstić information content (AvgIpc) is 3.17. The zero-order valence-corrected chi connectivity index (χ0v) is 23.9. The molecular formula is C29H28N6O5S. The van der Waals surface area contributed by atoms with Crippen molar-refractivity contribution in [3.05, 3.63) is 46.1 Å². The van der Waals surface area contributed by atoms with Crippen molar-refractivity contribution in [2.75, 3.05) is 19.6 Å². The molecule has 1 N–H and O–H groups in total. The number of likely N-dealkylation sites (tertiary alicyclic amines) is 1. The fourth-order valence-corrected chi connectivity index (χ4v) is 7.46. The second-order valence-corrected chi connectivity index (χ2v) is 12.7. The Kier molecular flexibility index (Phi) is 6.11. The van der Waals surface area contributed by atoms with Crippen LogP contribution in [0.15, 0.2) is 24.4 Å². The number of thiophene rings is 1. The maximum absolute atomic E-state index is 14.0. The number of piperidine rings is 1. The Morgan fingerprint density at radius 2 is 1.90 bits per heavy atom. The zero-order chi connectivity index (χ0) is 29.4. The van der Waals surface area contributed by atoms with Crippen molar-refractivity contribution >= 4 is 45.4 Å². The summed E-state index contributed by atoms with van der Waals surface area (Å²) in [6, 6.07) is 6.89. The number of carbonyl (C=O) groups excluding carboxylic acids is 3.